The van der Waals surface area contributed by atoms with E-state index in [0.717, 1.165) is 25.7 Å². The van der Waals surface area contributed by atoms with E-state index in [1.807, 2.05) is 12.1 Å². The molecule has 7 nitrogen and oxygen atoms in total. The lowest BCUT2D eigenvalue weighted by atomic mass is 9.92. The minimum absolute atomic E-state index is 0.0922. The van der Waals surface area contributed by atoms with Gasteiger partial charge >= 0.3 is 0 Å². The van der Waals surface area contributed by atoms with Crippen molar-refractivity contribution >= 4 is 11.8 Å². The fraction of sp³-hybridized carbons (Fsp3) is 0.444. The van der Waals surface area contributed by atoms with Gasteiger partial charge < -0.3 is 14.6 Å². The summed E-state index contributed by atoms with van der Waals surface area (Å²) in [7, 11) is 0. The molecule has 1 fully saturated rings. The van der Waals surface area contributed by atoms with Crippen LogP contribution in [0.3, 0.4) is 0 Å². The smallest absolute Gasteiger partial charge is 0.273 e. The van der Waals surface area contributed by atoms with Gasteiger partial charge in [-0.1, -0.05) is 49.9 Å². The average Bonchev–Trinajstić information content (AvgIpc) is 3.47. The van der Waals surface area contributed by atoms with Crippen molar-refractivity contribution in [3.8, 4) is 11.5 Å². The highest BCUT2D eigenvalue weighted by Gasteiger charge is 2.48. The normalized spacial score (nSPS) is 21.0. The molecular formula is C27H31FN4O3. The fourth-order valence-electron chi connectivity index (χ4n) is 5.21. The standard InChI is InChI=1S/C27H31FN4O3/c1-27(26(34)29-21-11-4-2-3-5-12-21)18-32-23(15-22(30-32)24-13-8-14-35-24)25(33)31(27)17-20-10-7-6-9-19(20)16-28/h6-10,13-15,21H,2-5,11-12,16-18H2,1H3,(H,29,34). The minimum Gasteiger partial charge on any atom is -0.463 e. The summed E-state index contributed by atoms with van der Waals surface area (Å²) in [6.07, 6.45) is 7.97. The Morgan fingerprint density at radius 2 is 1.89 bits per heavy atom. The van der Waals surface area contributed by atoms with Gasteiger partial charge in [-0.25, -0.2) is 4.39 Å². The van der Waals surface area contributed by atoms with Gasteiger partial charge in [0.1, 0.15) is 23.6 Å². The number of carbonyl (C=O) groups excluding carboxylic acids is 2. The molecule has 2 aromatic heterocycles. The first-order chi connectivity index (χ1) is 17.0. The van der Waals surface area contributed by atoms with Gasteiger partial charge in [0, 0.05) is 18.7 Å². The monoisotopic (exact) mass is 478 g/mol. The van der Waals surface area contributed by atoms with E-state index in [9.17, 15) is 14.0 Å². The van der Waals surface area contributed by atoms with Crippen LogP contribution in [0.5, 0.6) is 0 Å². The van der Waals surface area contributed by atoms with E-state index in [0.29, 0.717) is 28.3 Å². The topological polar surface area (TPSA) is 80.4 Å². The van der Waals surface area contributed by atoms with Crippen LogP contribution in [-0.2, 0) is 24.6 Å². The third kappa shape index (κ3) is 4.49. The van der Waals surface area contributed by atoms with Crippen LogP contribution in [0.15, 0.2) is 53.1 Å². The molecule has 3 aromatic rings. The number of benzene rings is 1. The summed E-state index contributed by atoms with van der Waals surface area (Å²) in [4.78, 5) is 29.2. The number of carbonyl (C=O) groups is 2. The molecule has 1 atom stereocenters. The average molecular weight is 479 g/mol. The quantitative estimate of drug-likeness (QED) is 0.513. The van der Waals surface area contributed by atoms with Crippen molar-refractivity contribution < 1.29 is 18.4 Å². The zero-order chi connectivity index (χ0) is 24.4. The number of hydrogen-bond acceptors (Lipinski definition) is 4. The maximum atomic E-state index is 13.8. The molecule has 8 heteroatoms. The molecule has 2 amide bonds. The Hall–Kier alpha value is -3.42. The van der Waals surface area contributed by atoms with Crippen molar-refractivity contribution in [3.63, 3.8) is 0 Å². The van der Waals surface area contributed by atoms with Crippen molar-refractivity contribution in [3.05, 3.63) is 65.5 Å². The van der Waals surface area contributed by atoms with Crippen LogP contribution < -0.4 is 5.32 Å². The Morgan fingerprint density at radius 1 is 1.14 bits per heavy atom. The number of fused-ring (bicyclic) bond motifs is 1. The van der Waals surface area contributed by atoms with Gasteiger partial charge in [-0.15, -0.1) is 0 Å². The van der Waals surface area contributed by atoms with Crippen molar-refractivity contribution in [1.82, 2.24) is 20.0 Å². The number of furan rings is 1. The number of amides is 2. The molecule has 1 saturated carbocycles. The van der Waals surface area contributed by atoms with Gasteiger partial charge in [-0.2, -0.15) is 5.10 Å². The highest BCUT2D eigenvalue weighted by atomic mass is 19.1. The lowest BCUT2D eigenvalue weighted by Crippen LogP contribution is -2.64. The van der Waals surface area contributed by atoms with E-state index in [2.05, 4.69) is 10.4 Å². The lowest BCUT2D eigenvalue weighted by molar-refractivity contribution is -0.134. The van der Waals surface area contributed by atoms with E-state index in [1.165, 1.54) is 12.8 Å². The van der Waals surface area contributed by atoms with Crippen LogP contribution in [-0.4, -0.2) is 38.1 Å². The van der Waals surface area contributed by atoms with Gasteiger partial charge in [0.15, 0.2) is 5.76 Å². The Labute approximate surface area is 204 Å². The molecule has 1 aliphatic heterocycles. The Kier molecular flexibility index (Phi) is 6.45. The number of nitrogens with zero attached hydrogens (tertiary/aromatic N) is 3. The Bertz CT molecular complexity index is 1200. The zero-order valence-electron chi connectivity index (χ0n) is 20.0. The maximum absolute atomic E-state index is 13.8. The molecule has 35 heavy (non-hydrogen) atoms. The van der Waals surface area contributed by atoms with Crippen LogP contribution in [0, 0.1) is 0 Å². The molecule has 1 aliphatic carbocycles. The SMILES string of the molecule is CC1(C(=O)NC2CCCCCC2)Cn2nc(-c3ccco3)cc2C(=O)N1Cc1ccccc1CF. The van der Waals surface area contributed by atoms with E-state index < -0.39 is 12.2 Å². The highest BCUT2D eigenvalue weighted by Crippen LogP contribution is 2.32. The first kappa shape index (κ1) is 23.3. The highest BCUT2D eigenvalue weighted by molar-refractivity contribution is 6.00. The third-order valence-electron chi connectivity index (χ3n) is 7.34. The van der Waals surface area contributed by atoms with E-state index in [1.54, 1.807) is 53.1 Å². The van der Waals surface area contributed by atoms with Crippen molar-refractivity contribution in [1.29, 1.82) is 0 Å². The molecule has 0 radical (unpaired) electrons. The van der Waals surface area contributed by atoms with Gasteiger partial charge in [0.05, 0.1) is 12.8 Å². The minimum atomic E-state index is -1.19. The summed E-state index contributed by atoms with van der Waals surface area (Å²) in [5, 5.41) is 7.83. The molecule has 1 N–H and O–H groups in total. The van der Waals surface area contributed by atoms with Crippen molar-refractivity contribution in [2.75, 3.05) is 0 Å². The largest absolute Gasteiger partial charge is 0.463 e. The van der Waals surface area contributed by atoms with Crippen LogP contribution >= 0.6 is 0 Å². The molecular weight excluding hydrogens is 447 g/mol. The number of alkyl halides is 1. The molecule has 184 valence electrons. The first-order valence-electron chi connectivity index (χ1n) is 12.4. The summed E-state index contributed by atoms with van der Waals surface area (Å²) in [5.41, 5.74) is 0.940. The van der Waals surface area contributed by atoms with Gasteiger partial charge in [-0.05, 0) is 43.0 Å². The molecule has 0 bridgehead atoms. The van der Waals surface area contributed by atoms with Crippen LogP contribution in [0.25, 0.3) is 11.5 Å². The number of rotatable bonds is 6. The Morgan fingerprint density at radius 3 is 2.57 bits per heavy atom. The summed E-state index contributed by atoms with van der Waals surface area (Å²) < 4.78 is 20.8. The zero-order valence-corrected chi connectivity index (χ0v) is 20.0. The maximum Gasteiger partial charge on any atom is 0.273 e. The predicted molar refractivity (Wildman–Crippen MR) is 129 cm³/mol. The number of halogens is 1. The molecule has 2 aliphatic rings. The predicted octanol–water partition coefficient (Wildman–Crippen LogP) is 4.87. The second kappa shape index (κ2) is 9.68. The number of hydrogen-bond donors (Lipinski definition) is 1. The molecule has 0 spiro atoms. The second-order valence-electron chi connectivity index (χ2n) is 9.78. The number of nitrogens with one attached hydrogen (secondary N) is 1. The van der Waals surface area contributed by atoms with Gasteiger partial charge in [0.2, 0.25) is 5.91 Å². The van der Waals surface area contributed by atoms with Crippen molar-refractivity contribution in [2.24, 2.45) is 0 Å². The third-order valence-corrected chi connectivity index (χ3v) is 7.34. The summed E-state index contributed by atoms with van der Waals surface area (Å²) in [6.45, 7) is 1.48. The molecule has 1 unspecified atom stereocenters. The van der Waals surface area contributed by atoms with Gasteiger partial charge in [0.25, 0.3) is 5.91 Å². The molecule has 5 rings (SSSR count). The molecule has 1 aromatic carbocycles. The van der Waals surface area contributed by atoms with E-state index in [-0.39, 0.29) is 30.9 Å². The van der Waals surface area contributed by atoms with Crippen LogP contribution in [0.2, 0.25) is 0 Å². The first-order valence-corrected chi connectivity index (χ1v) is 12.4. The molecule has 0 saturated heterocycles. The van der Waals surface area contributed by atoms with E-state index >= 15 is 0 Å². The second-order valence-corrected chi connectivity index (χ2v) is 9.78. The lowest BCUT2D eigenvalue weighted by Gasteiger charge is -2.44. The van der Waals surface area contributed by atoms with Crippen LogP contribution in [0.4, 0.5) is 4.39 Å². The summed E-state index contributed by atoms with van der Waals surface area (Å²) in [6, 6.07) is 12.5. The number of aromatic nitrogens is 2. The van der Waals surface area contributed by atoms with Crippen LogP contribution in [0.1, 0.15) is 67.1 Å². The Balaban J connectivity index is 1.51. The molecule has 3 heterocycles. The fourth-order valence-corrected chi connectivity index (χ4v) is 5.21. The summed E-state index contributed by atoms with van der Waals surface area (Å²) in [5.74, 6) is 0.0450. The van der Waals surface area contributed by atoms with E-state index in [4.69, 9.17) is 4.42 Å². The summed E-state index contributed by atoms with van der Waals surface area (Å²) >= 11 is 0. The van der Waals surface area contributed by atoms with Crippen molar-refractivity contribution in [2.45, 2.75) is 76.8 Å². The van der Waals surface area contributed by atoms with Gasteiger partial charge in [-0.3, -0.25) is 14.3 Å².